The van der Waals surface area contributed by atoms with Crippen LogP contribution in [0.5, 0.6) is 5.06 Å². The van der Waals surface area contributed by atoms with Crippen molar-refractivity contribution in [2.45, 2.75) is 0 Å². The first kappa shape index (κ1) is 10.7. The van der Waals surface area contributed by atoms with Gasteiger partial charge < -0.3 is 5.11 Å². The van der Waals surface area contributed by atoms with Crippen molar-refractivity contribution < 1.29 is 5.11 Å². The highest BCUT2D eigenvalue weighted by Crippen LogP contribution is 2.14. The van der Waals surface area contributed by atoms with Crippen molar-refractivity contribution in [3.8, 4) is 5.06 Å². The molecule has 0 aliphatic carbocycles. The summed E-state index contributed by atoms with van der Waals surface area (Å²) in [6.07, 6.45) is 0. The molecule has 0 fully saturated rings. The molecule has 1 aromatic heterocycles. The normalized spacial score (nSPS) is 9.50. The maximum absolute atomic E-state index is 8.49. The van der Waals surface area contributed by atoms with Gasteiger partial charge in [-0.1, -0.05) is 48.5 Å². The molecule has 0 atom stereocenters. The van der Waals surface area contributed by atoms with E-state index < -0.39 is 0 Å². The summed E-state index contributed by atoms with van der Waals surface area (Å²) in [4.78, 5) is 0. The highest BCUT2D eigenvalue weighted by Gasteiger charge is 1.85. The van der Waals surface area contributed by atoms with Crippen molar-refractivity contribution in [2.75, 3.05) is 0 Å². The molecule has 0 bridgehead atoms. The van der Waals surface area contributed by atoms with Gasteiger partial charge in [0.05, 0.1) is 0 Å². The average Bonchev–Trinajstić information content (AvgIpc) is 2.81. The molecule has 1 heterocycles. The fourth-order valence-corrected chi connectivity index (χ4v) is 1.86. The number of hydrogen-bond acceptors (Lipinski definition) is 2. The Labute approximate surface area is 98.6 Å². The van der Waals surface area contributed by atoms with E-state index >= 15 is 0 Å². The van der Waals surface area contributed by atoms with E-state index in [2.05, 4.69) is 48.5 Å². The highest BCUT2D eigenvalue weighted by atomic mass is 32.1. The van der Waals surface area contributed by atoms with E-state index in [4.69, 9.17) is 5.11 Å². The lowest BCUT2D eigenvalue weighted by Crippen LogP contribution is -1.67. The number of benzene rings is 2. The molecular weight excluding hydrogens is 216 g/mol. The second-order valence-corrected chi connectivity index (χ2v) is 4.22. The number of hydrogen-bond donors (Lipinski definition) is 1. The van der Waals surface area contributed by atoms with Crippen molar-refractivity contribution in [2.24, 2.45) is 0 Å². The molecule has 0 saturated carbocycles. The minimum absolute atomic E-state index is 0.384. The molecular formula is C14H12OS. The monoisotopic (exact) mass is 228 g/mol. The molecule has 2 aromatic carbocycles. The van der Waals surface area contributed by atoms with Crippen LogP contribution in [0.4, 0.5) is 0 Å². The van der Waals surface area contributed by atoms with Crippen LogP contribution in [0.2, 0.25) is 0 Å². The smallest absolute Gasteiger partial charge is 0.171 e. The maximum Gasteiger partial charge on any atom is 0.171 e. The van der Waals surface area contributed by atoms with E-state index in [0.29, 0.717) is 5.06 Å². The van der Waals surface area contributed by atoms with Crippen LogP contribution < -0.4 is 0 Å². The van der Waals surface area contributed by atoms with Gasteiger partial charge in [0.25, 0.3) is 0 Å². The molecule has 0 aliphatic heterocycles. The topological polar surface area (TPSA) is 20.2 Å². The minimum atomic E-state index is 0.384. The van der Waals surface area contributed by atoms with Crippen molar-refractivity contribution in [1.29, 1.82) is 0 Å². The molecule has 80 valence electrons. The molecule has 3 aromatic rings. The Kier molecular flexibility index (Phi) is 3.57. The number of aromatic hydroxyl groups is 1. The van der Waals surface area contributed by atoms with Crippen LogP contribution in [0, 0.1) is 0 Å². The molecule has 1 N–H and O–H groups in total. The molecule has 0 spiro atoms. The standard InChI is InChI=1S/C10H8.C4H4OS/c1-2-6-10-8-4-3-7-9(10)5-1;5-4-2-1-3-6-4/h1-8H;1-3,5H. The largest absolute Gasteiger partial charge is 0.499 e. The zero-order valence-electron chi connectivity index (χ0n) is 8.71. The van der Waals surface area contributed by atoms with Crippen molar-refractivity contribution in [3.63, 3.8) is 0 Å². The van der Waals surface area contributed by atoms with E-state index in [-0.39, 0.29) is 0 Å². The van der Waals surface area contributed by atoms with Crippen molar-refractivity contribution in [1.82, 2.24) is 0 Å². The van der Waals surface area contributed by atoms with Crippen molar-refractivity contribution >= 4 is 22.1 Å². The Morgan fingerprint density at radius 1 is 0.688 bits per heavy atom. The van der Waals surface area contributed by atoms with Gasteiger partial charge in [0.15, 0.2) is 5.06 Å². The van der Waals surface area contributed by atoms with Crippen LogP contribution in [0.15, 0.2) is 66.0 Å². The summed E-state index contributed by atoms with van der Waals surface area (Å²) < 4.78 is 0. The Morgan fingerprint density at radius 2 is 1.19 bits per heavy atom. The fourth-order valence-electron chi connectivity index (χ4n) is 1.40. The molecule has 0 unspecified atom stereocenters. The zero-order chi connectivity index (χ0) is 11.2. The quantitative estimate of drug-likeness (QED) is 0.608. The second-order valence-electron chi connectivity index (χ2n) is 3.30. The predicted octanol–water partition coefficient (Wildman–Crippen LogP) is 4.29. The third-order valence-corrected chi connectivity index (χ3v) is 2.84. The summed E-state index contributed by atoms with van der Waals surface area (Å²) in [7, 11) is 0. The third kappa shape index (κ3) is 2.84. The lowest BCUT2D eigenvalue weighted by molar-refractivity contribution is 0.491. The molecule has 2 heteroatoms. The average molecular weight is 228 g/mol. The Morgan fingerprint density at radius 3 is 1.44 bits per heavy atom. The summed E-state index contributed by atoms with van der Waals surface area (Å²) >= 11 is 1.33. The van der Waals surface area contributed by atoms with Gasteiger partial charge in [-0.3, -0.25) is 0 Å². The number of fused-ring (bicyclic) bond motifs is 1. The second kappa shape index (κ2) is 5.33. The zero-order valence-corrected chi connectivity index (χ0v) is 9.52. The molecule has 0 saturated heterocycles. The van der Waals surface area contributed by atoms with Gasteiger partial charge in [0, 0.05) is 0 Å². The highest BCUT2D eigenvalue weighted by molar-refractivity contribution is 7.11. The van der Waals surface area contributed by atoms with E-state index in [9.17, 15) is 0 Å². The summed E-state index contributed by atoms with van der Waals surface area (Å²) in [6.45, 7) is 0. The van der Waals surface area contributed by atoms with E-state index in [1.165, 1.54) is 22.1 Å². The van der Waals surface area contributed by atoms with Crippen LogP contribution in [0.1, 0.15) is 0 Å². The Hall–Kier alpha value is -1.80. The SMILES string of the molecule is Oc1cccs1.c1ccc2ccccc2c1. The van der Waals surface area contributed by atoms with E-state index in [0.717, 1.165) is 0 Å². The van der Waals surface area contributed by atoms with Crippen LogP contribution in [0.3, 0.4) is 0 Å². The first-order chi connectivity index (χ1) is 7.86. The Bertz CT molecular complexity index is 478. The minimum Gasteiger partial charge on any atom is -0.499 e. The molecule has 3 rings (SSSR count). The van der Waals surface area contributed by atoms with Gasteiger partial charge in [-0.15, -0.1) is 11.3 Å². The number of thiophene rings is 1. The maximum atomic E-state index is 8.49. The number of rotatable bonds is 0. The summed E-state index contributed by atoms with van der Waals surface area (Å²) in [6, 6.07) is 20.2. The van der Waals surface area contributed by atoms with Crippen molar-refractivity contribution in [3.05, 3.63) is 66.0 Å². The van der Waals surface area contributed by atoms with Gasteiger partial charge in [0.2, 0.25) is 0 Å². The summed E-state index contributed by atoms with van der Waals surface area (Å²) in [5, 5.41) is 13.3. The van der Waals surface area contributed by atoms with Gasteiger partial charge in [-0.25, -0.2) is 0 Å². The van der Waals surface area contributed by atoms with Gasteiger partial charge in [0.1, 0.15) is 0 Å². The molecule has 16 heavy (non-hydrogen) atoms. The van der Waals surface area contributed by atoms with Crippen LogP contribution >= 0.6 is 11.3 Å². The lowest BCUT2D eigenvalue weighted by Gasteiger charge is -1.92. The Balaban J connectivity index is 0.000000138. The van der Waals surface area contributed by atoms with Gasteiger partial charge in [-0.05, 0) is 28.3 Å². The molecule has 0 amide bonds. The molecule has 0 aliphatic rings. The predicted molar refractivity (Wildman–Crippen MR) is 69.9 cm³/mol. The first-order valence-corrected chi connectivity index (χ1v) is 5.90. The first-order valence-electron chi connectivity index (χ1n) is 5.02. The molecule has 0 radical (unpaired) electrons. The van der Waals surface area contributed by atoms with Crippen LogP contribution in [-0.2, 0) is 0 Å². The third-order valence-electron chi connectivity index (χ3n) is 2.16. The lowest BCUT2D eigenvalue weighted by atomic mass is 10.1. The molecule has 1 nitrogen and oxygen atoms in total. The van der Waals surface area contributed by atoms with Gasteiger partial charge >= 0.3 is 0 Å². The summed E-state index contributed by atoms with van der Waals surface area (Å²) in [5.41, 5.74) is 0. The van der Waals surface area contributed by atoms with Crippen LogP contribution in [-0.4, -0.2) is 5.11 Å². The summed E-state index contributed by atoms with van der Waals surface area (Å²) in [5.74, 6) is 0. The van der Waals surface area contributed by atoms with E-state index in [1.54, 1.807) is 12.1 Å². The fraction of sp³-hybridized carbons (Fsp3) is 0. The van der Waals surface area contributed by atoms with Gasteiger partial charge in [-0.2, -0.15) is 0 Å². The van der Waals surface area contributed by atoms with Crippen LogP contribution in [0.25, 0.3) is 10.8 Å². The van der Waals surface area contributed by atoms with E-state index in [1.807, 2.05) is 5.38 Å².